The van der Waals surface area contributed by atoms with E-state index in [9.17, 15) is 4.39 Å². The van der Waals surface area contributed by atoms with Gasteiger partial charge in [0.1, 0.15) is 0 Å². The van der Waals surface area contributed by atoms with Crippen LogP contribution in [0.25, 0.3) is 0 Å². The maximum Gasteiger partial charge on any atom is 0.0997 e. The van der Waals surface area contributed by atoms with Gasteiger partial charge < -0.3 is 0 Å². The predicted octanol–water partition coefficient (Wildman–Crippen LogP) is 6.19. The third-order valence-electron chi connectivity index (χ3n) is 5.23. The molecule has 1 heteroatoms. The first-order chi connectivity index (χ1) is 8.99. The van der Waals surface area contributed by atoms with Crippen LogP contribution in [0.15, 0.2) is 22.5 Å². The van der Waals surface area contributed by atoms with Crippen molar-refractivity contribution in [3.8, 4) is 0 Å². The summed E-state index contributed by atoms with van der Waals surface area (Å²) in [5.41, 5.74) is 4.32. The predicted molar refractivity (Wildman–Crippen MR) is 80.6 cm³/mol. The van der Waals surface area contributed by atoms with Gasteiger partial charge in [-0.25, -0.2) is 4.39 Å². The maximum absolute atomic E-state index is 14.2. The van der Waals surface area contributed by atoms with Crippen molar-refractivity contribution in [2.75, 3.05) is 0 Å². The molecule has 0 aromatic heterocycles. The molecule has 0 heterocycles. The largest absolute Gasteiger partial charge is 0.212 e. The number of hydrogen-bond acceptors (Lipinski definition) is 0. The first-order valence-corrected chi connectivity index (χ1v) is 8.04. The summed E-state index contributed by atoms with van der Waals surface area (Å²) in [6.45, 7) is 8.84. The molecule has 0 nitrogen and oxygen atoms in total. The van der Waals surface area contributed by atoms with Gasteiger partial charge in [0.25, 0.3) is 0 Å². The van der Waals surface area contributed by atoms with E-state index in [-0.39, 0.29) is 5.83 Å². The summed E-state index contributed by atoms with van der Waals surface area (Å²) >= 11 is 0. The molecule has 2 unspecified atom stereocenters. The third-order valence-corrected chi connectivity index (χ3v) is 5.23. The van der Waals surface area contributed by atoms with Crippen LogP contribution in [0.4, 0.5) is 4.39 Å². The summed E-state index contributed by atoms with van der Waals surface area (Å²) < 4.78 is 14.2. The number of rotatable bonds is 3. The molecule has 0 amide bonds. The van der Waals surface area contributed by atoms with E-state index >= 15 is 0 Å². The molecular formula is C18H29F. The van der Waals surface area contributed by atoms with Crippen LogP contribution in [0, 0.1) is 17.8 Å². The van der Waals surface area contributed by atoms with Crippen LogP contribution in [0.3, 0.4) is 0 Å². The van der Waals surface area contributed by atoms with Crippen LogP contribution in [0.5, 0.6) is 0 Å². The van der Waals surface area contributed by atoms with E-state index in [1.54, 1.807) is 11.1 Å². The normalized spacial score (nSPS) is 29.4. The Bertz CT molecular complexity index is 386. The van der Waals surface area contributed by atoms with Gasteiger partial charge in [-0.05, 0) is 68.8 Å². The molecule has 2 aliphatic carbocycles. The van der Waals surface area contributed by atoms with Gasteiger partial charge in [-0.2, -0.15) is 0 Å². The van der Waals surface area contributed by atoms with Crippen LogP contribution in [0.1, 0.15) is 72.6 Å². The average molecular weight is 264 g/mol. The molecule has 0 aromatic carbocycles. The Morgan fingerprint density at radius 2 is 1.84 bits per heavy atom. The van der Waals surface area contributed by atoms with E-state index in [1.165, 1.54) is 25.7 Å². The van der Waals surface area contributed by atoms with Gasteiger partial charge in [0, 0.05) is 6.42 Å². The standard InChI is InChI=1S/C18H29F/c1-12(2)17-9-14(4)16(11-18(17)19)10-15-8-6-5-7-13(15)3/h12,14,16H,5-11H2,1-4H3. The highest BCUT2D eigenvalue weighted by molar-refractivity contribution is 5.20. The van der Waals surface area contributed by atoms with Gasteiger partial charge in [-0.1, -0.05) is 31.9 Å². The second kappa shape index (κ2) is 6.24. The number of allylic oxidation sites excluding steroid dienone is 4. The Labute approximate surface area is 118 Å². The molecule has 0 aliphatic heterocycles. The first kappa shape index (κ1) is 14.8. The zero-order chi connectivity index (χ0) is 14.0. The van der Waals surface area contributed by atoms with Gasteiger partial charge >= 0.3 is 0 Å². The van der Waals surface area contributed by atoms with Crippen molar-refractivity contribution in [2.24, 2.45) is 17.8 Å². The van der Waals surface area contributed by atoms with Crippen molar-refractivity contribution in [1.29, 1.82) is 0 Å². The van der Waals surface area contributed by atoms with Gasteiger partial charge in [0.05, 0.1) is 5.83 Å². The van der Waals surface area contributed by atoms with E-state index in [0.29, 0.717) is 24.2 Å². The zero-order valence-corrected chi connectivity index (χ0v) is 13.1. The highest BCUT2D eigenvalue weighted by Gasteiger charge is 2.29. The molecule has 2 atom stereocenters. The molecular weight excluding hydrogens is 235 g/mol. The summed E-state index contributed by atoms with van der Waals surface area (Å²) in [7, 11) is 0. The third kappa shape index (κ3) is 3.49. The van der Waals surface area contributed by atoms with Crippen LogP contribution < -0.4 is 0 Å². The highest BCUT2D eigenvalue weighted by Crippen LogP contribution is 2.42. The van der Waals surface area contributed by atoms with Gasteiger partial charge in [-0.15, -0.1) is 0 Å². The Kier molecular flexibility index (Phi) is 4.86. The van der Waals surface area contributed by atoms with E-state index in [1.807, 2.05) is 0 Å². The summed E-state index contributed by atoms with van der Waals surface area (Å²) in [6.07, 6.45) is 8.02. The van der Waals surface area contributed by atoms with Crippen LogP contribution in [-0.2, 0) is 0 Å². The summed E-state index contributed by atoms with van der Waals surface area (Å²) in [4.78, 5) is 0. The Morgan fingerprint density at radius 3 is 2.47 bits per heavy atom. The maximum atomic E-state index is 14.2. The van der Waals surface area contributed by atoms with Gasteiger partial charge in [-0.3, -0.25) is 0 Å². The highest BCUT2D eigenvalue weighted by atomic mass is 19.1. The molecule has 0 aromatic rings. The topological polar surface area (TPSA) is 0 Å². The molecule has 0 N–H and O–H groups in total. The van der Waals surface area contributed by atoms with Crippen LogP contribution in [-0.4, -0.2) is 0 Å². The van der Waals surface area contributed by atoms with Crippen molar-refractivity contribution in [1.82, 2.24) is 0 Å². The second-order valence-electron chi connectivity index (χ2n) is 7.03. The molecule has 108 valence electrons. The molecule has 0 saturated heterocycles. The molecule has 19 heavy (non-hydrogen) atoms. The second-order valence-corrected chi connectivity index (χ2v) is 7.03. The molecule has 0 spiro atoms. The fraction of sp³-hybridized carbons (Fsp3) is 0.778. The molecule has 2 aliphatic rings. The summed E-state index contributed by atoms with van der Waals surface area (Å²) in [5, 5.41) is 0. The molecule has 0 fully saturated rings. The molecule has 2 rings (SSSR count). The Morgan fingerprint density at radius 1 is 1.16 bits per heavy atom. The lowest BCUT2D eigenvalue weighted by atomic mass is 9.73. The van der Waals surface area contributed by atoms with E-state index in [0.717, 1.165) is 18.4 Å². The number of halogens is 1. The first-order valence-electron chi connectivity index (χ1n) is 8.04. The van der Waals surface area contributed by atoms with E-state index in [4.69, 9.17) is 0 Å². The minimum absolute atomic E-state index is 0.201. The molecule has 0 saturated carbocycles. The molecule has 0 radical (unpaired) electrons. The lowest BCUT2D eigenvalue weighted by Crippen LogP contribution is -2.21. The summed E-state index contributed by atoms with van der Waals surface area (Å²) in [6, 6.07) is 0. The minimum atomic E-state index is 0.201. The van der Waals surface area contributed by atoms with Crippen molar-refractivity contribution < 1.29 is 4.39 Å². The Hall–Kier alpha value is -0.590. The minimum Gasteiger partial charge on any atom is -0.212 e. The fourth-order valence-corrected chi connectivity index (χ4v) is 3.72. The Balaban J connectivity index is 2.07. The van der Waals surface area contributed by atoms with E-state index in [2.05, 4.69) is 27.7 Å². The van der Waals surface area contributed by atoms with Gasteiger partial charge in [0.15, 0.2) is 0 Å². The smallest absolute Gasteiger partial charge is 0.0997 e. The van der Waals surface area contributed by atoms with Crippen molar-refractivity contribution in [3.63, 3.8) is 0 Å². The summed E-state index contributed by atoms with van der Waals surface area (Å²) in [5.74, 6) is 1.75. The molecule has 0 bridgehead atoms. The van der Waals surface area contributed by atoms with Crippen LogP contribution in [0.2, 0.25) is 0 Å². The average Bonchev–Trinajstić information content (AvgIpc) is 2.35. The van der Waals surface area contributed by atoms with Crippen molar-refractivity contribution in [3.05, 3.63) is 22.5 Å². The zero-order valence-electron chi connectivity index (χ0n) is 13.1. The van der Waals surface area contributed by atoms with Crippen LogP contribution >= 0.6 is 0 Å². The van der Waals surface area contributed by atoms with Gasteiger partial charge in [0.2, 0.25) is 0 Å². The van der Waals surface area contributed by atoms with Crippen molar-refractivity contribution >= 4 is 0 Å². The lowest BCUT2D eigenvalue weighted by molar-refractivity contribution is 0.284. The fourth-order valence-electron chi connectivity index (χ4n) is 3.72. The lowest BCUT2D eigenvalue weighted by Gasteiger charge is -2.33. The van der Waals surface area contributed by atoms with E-state index < -0.39 is 0 Å². The monoisotopic (exact) mass is 264 g/mol. The number of hydrogen-bond donors (Lipinski definition) is 0. The SMILES string of the molecule is CC1=C(CC2CC(F)=C(C(C)C)CC2C)CCCC1. The van der Waals surface area contributed by atoms with Crippen molar-refractivity contribution in [2.45, 2.75) is 72.6 Å². The quantitative estimate of drug-likeness (QED) is 0.533.